The van der Waals surface area contributed by atoms with E-state index in [1.807, 2.05) is 12.1 Å². The molecule has 4 rings (SSSR count). The largest absolute Gasteiger partial charge is 0.497 e. The van der Waals surface area contributed by atoms with E-state index in [4.69, 9.17) is 13.9 Å². The van der Waals surface area contributed by atoms with E-state index in [0.29, 0.717) is 50.1 Å². The Bertz CT molecular complexity index is 1360. The van der Waals surface area contributed by atoms with Crippen LogP contribution in [0.5, 0.6) is 11.5 Å². The van der Waals surface area contributed by atoms with Crippen LogP contribution in [0.25, 0.3) is 33.6 Å². The van der Waals surface area contributed by atoms with Crippen molar-refractivity contribution in [3.8, 4) is 17.6 Å². The predicted molar refractivity (Wildman–Crippen MR) is 113 cm³/mol. The molecule has 0 aliphatic rings. The van der Waals surface area contributed by atoms with Gasteiger partial charge in [0.1, 0.15) is 22.7 Å². The molecule has 0 fully saturated rings. The summed E-state index contributed by atoms with van der Waals surface area (Å²) in [6, 6.07) is 19.9. The van der Waals surface area contributed by atoms with Crippen molar-refractivity contribution in [2.45, 2.75) is 0 Å². The summed E-state index contributed by atoms with van der Waals surface area (Å²) in [4.78, 5) is 12.9. The number of para-hydroxylation sites is 2. The van der Waals surface area contributed by atoms with Gasteiger partial charge < -0.3 is 13.9 Å². The van der Waals surface area contributed by atoms with E-state index in [0.717, 1.165) is 0 Å². The van der Waals surface area contributed by atoms with Crippen LogP contribution >= 0.6 is 0 Å². The minimum Gasteiger partial charge on any atom is -0.497 e. The summed E-state index contributed by atoms with van der Waals surface area (Å²) in [5.41, 5.74) is 2.37. The van der Waals surface area contributed by atoms with Gasteiger partial charge >= 0.3 is 0 Å². The van der Waals surface area contributed by atoms with Gasteiger partial charge in [0.05, 0.1) is 36.6 Å². The number of rotatable bonds is 4. The molecule has 4 aromatic rings. The number of methoxy groups -OCH3 is 2. The van der Waals surface area contributed by atoms with E-state index < -0.39 is 0 Å². The molecule has 142 valence electrons. The second-order valence-corrected chi connectivity index (χ2v) is 6.39. The first-order chi connectivity index (χ1) is 14.2. The number of hydrogen-bond acceptors (Lipinski definition) is 5. The van der Waals surface area contributed by atoms with Crippen LogP contribution in [0.3, 0.4) is 0 Å². The molecule has 3 aromatic carbocycles. The van der Waals surface area contributed by atoms with Gasteiger partial charge in [0.25, 0.3) is 0 Å². The molecule has 0 N–H and O–H groups in total. The summed E-state index contributed by atoms with van der Waals surface area (Å²) in [7, 11) is 3.13. The lowest BCUT2D eigenvalue weighted by molar-refractivity contribution is 0.394. The first-order valence-electron chi connectivity index (χ1n) is 8.95. The normalized spacial score (nSPS) is 11.4. The SMILES string of the molecule is COc1ccc(/C=C(/C#N)c2cccc3c(=O)c4ccccc4oc23)c(OC)c1. The third-order valence-corrected chi connectivity index (χ3v) is 4.75. The Labute approximate surface area is 167 Å². The third kappa shape index (κ3) is 3.21. The second kappa shape index (κ2) is 7.53. The highest BCUT2D eigenvalue weighted by atomic mass is 16.5. The Kier molecular flexibility index (Phi) is 4.76. The smallest absolute Gasteiger partial charge is 0.200 e. The maximum atomic E-state index is 12.9. The lowest BCUT2D eigenvalue weighted by Crippen LogP contribution is -2.03. The molecule has 0 unspecified atom stereocenters. The number of nitriles is 1. The van der Waals surface area contributed by atoms with Crippen LogP contribution in [0, 0.1) is 11.3 Å². The predicted octanol–water partition coefficient (Wildman–Crippen LogP) is 5.03. The van der Waals surface area contributed by atoms with Crippen LogP contribution in [-0.4, -0.2) is 14.2 Å². The lowest BCUT2D eigenvalue weighted by atomic mass is 10.00. The molecule has 29 heavy (non-hydrogen) atoms. The summed E-state index contributed by atoms with van der Waals surface area (Å²) in [6.45, 7) is 0. The van der Waals surface area contributed by atoms with E-state index >= 15 is 0 Å². The molecule has 0 amide bonds. The Morgan fingerprint density at radius 1 is 1.00 bits per heavy atom. The minimum absolute atomic E-state index is 0.122. The van der Waals surface area contributed by atoms with Gasteiger partial charge in [-0.1, -0.05) is 18.2 Å². The Morgan fingerprint density at radius 2 is 1.79 bits per heavy atom. The fourth-order valence-corrected chi connectivity index (χ4v) is 3.30. The molecule has 0 atom stereocenters. The van der Waals surface area contributed by atoms with Crippen molar-refractivity contribution in [3.05, 3.63) is 82.0 Å². The molecule has 5 nitrogen and oxygen atoms in total. The zero-order valence-electron chi connectivity index (χ0n) is 15.9. The van der Waals surface area contributed by atoms with Gasteiger partial charge in [-0.2, -0.15) is 5.26 Å². The summed E-state index contributed by atoms with van der Waals surface area (Å²) >= 11 is 0. The first-order valence-corrected chi connectivity index (χ1v) is 8.95. The topological polar surface area (TPSA) is 72.5 Å². The maximum Gasteiger partial charge on any atom is 0.200 e. The van der Waals surface area contributed by atoms with Crippen molar-refractivity contribution in [3.63, 3.8) is 0 Å². The number of benzene rings is 3. The standard InChI is InChI=1S/C24H17NO4/c1-27-17-11-10-15(22(13-17)28-2)12-16(14-25)18-7-5-8-20-23(26)19-6-3-4-9-21(19)29-24(18)20/h3-13H,1-2H3/b16-12-. The van der Waals surface area contributed by atoms with Crippen LogP contribution in [0.4, 0.5) is 0 Å². The van der Waals surface area contributed by atoms with Crippen molar-refractivity contribution in [1.82, 2.24) is 0 Å². The summed E-state index contributed by atoms with van der Waals surface area (Å²) in [5, 5.41) is 10.8. The fourth-order valence-electron chi connectivity index (χ4n) is 3.30. The number of hydrogen-bond donors (Lipinski definition) is 0. The van der Waals surface area contributed by atoms with Crippen LogP contribution in [0.2, 0.25) is 0 Å². The number of fused-ring (bicyclic) bond motifs is 2. The minimum atomic E-state index is -0.122. The average Bonchev–Trinajstić information content (AvgIpc) is 2.77. The molecule has 0 aliphatic carbocycles. The number of allylic oxidation sites excluding steroid dienone is 1. The highest BCUT2D eigenvalue weighted by molar-refractivity contribution is 6.01. The van der Waals surface area contributed by atoms with Crippen molar-refractivity contribution in [2.75, 3.05) is 14.2 Å². The van der Waals surface area contributed by atoms with Gasteiger partial charge in [-0.05, 0) is 42.5 Å². The van der Waals surface area contributed by atoms with Gasteiger partial charge in [0, 0.05) is 17.2 Å². The molecule has 0 spiro atoms. The van der Waals surface area contributed by atoms with E-state index in [1.54, 1.807) is 68.8 Å². The molecule has 0 bridgehead atoms. The molecular weight excluding hydrogens is 366 g/mol. The molecule has 0 saturated heterocycles. The lowest BCUT2D eigenvalue weighted by Gasteiger charge is -2.09. The maximum absolute atomic E-state index is 12.9. The van der Waals surface area contributed by atoms with Crippen molar-refractivity contribution < 1.29 is 13.9 Å². The van der Waals surface area contributed by atoms with Crippen LogP contribution in [0.15, 0.2) is 69.9 Å². The third-order valence-electron chi connectivity index (χ3n) is 4.75. The van der Waals surface area contributed by atoms with Gasteiger partial charge in [-0.15, -0.1) is 0 Å². The van der Waals surface area contributed by atoms with E-state index in [-0.39, 0.29) is 5.43 Å². The summed E-state index contributed by atoms with van der Waals surface area (Å²) in [6.07, 6.45) is 1.71. The molecule has 1 heterocycles. The quantitative estimate of drug-likeness (QED) is 0.281. The Hall–Kier alpha value is -4.04. The number of nitrogens with zero attached hydrogens (tertiary/aromatic N) is 1. The van der Waals surface area contributed by atoms with Crippen molar-refractivity contribution in [1.29, 1.82) is 5.26 Å². The Morgan fingerprint density at radius 3 is 2.55 bits per heavy atom. The molecule has 0 aliphatic heterocycles. The zero-order chi connectivity index (χ0) is 20.4. The fraction of sp³-hybridized carbons (Fsp3) is 0.0833. The monoisotopic (exact) mass is 383 g/mol. The first kappa shape index (κ1) is 18.3. The van der Waals surface area contributed by atoms with Gasteiger partial charge in [-0.3, -0.25) is 4.79 Å². The highest BCUT2D eigenvalue weighted by Crippen LogP contribution is 2.31. The van der Waals surface area contributed by atoms with Crippen LogP contribution in [-0.2, 0) is 0 Å². The zero-order valence-corrected chi connectivity index (χ0v) is 15.9. The van der Waals surface area contributed by atoms with Gasteiger partial charge in [-0.25, -0.2) is 0 Å². The van der Waals surface area contributed by atoms with E-state index in [2.05, 4.69) is 6.07 Å². The van der Waals surface area contributed by atoms with Crippen LogP contribution < -0.4 is 14.9 Å². The molecule has 0 radical (unpaired) electrons. The molecule has 5 heteroatoms. The highest BCUT2D eigenvalue weighted by Gasteiger charge is 2.14. The number of ether oxygens (including phenoxy) is 2. The van der Waals surface area contributed by atoms with Crippen LogP contribution in [0.1, 0.15) is 11.1 Å². The summed E-state index contributed by atoms with van der Waals surface area (Å²) < 4.78 is 16.7. The second-order valence-electron chi connectivity index (χ2n) is 6.39. The average molecular weight is 383 g/mol. The molecular formula is C24H17NO4. The molecule has 0 saturated carbocycles. The Balaban J connectivity index is 1.97. The van der Waals surface area contributed by atoms with Gasteiger partial charge in [0.2, 0.25) is 5.43 Å². The summed E-state index contributed by atoms with van der Waals surface area (Å²) in [5.74, 6) is 1.23. The van der Waals surface area contributed by atoms with E-state index in [9.17, 15) is 10.1 Å². The van der Waals surface area contributed by atoms with Crippen molar-refractivity contribution in [2.24, 2.45) is 0 Å². The van der Waals surface area contributed by atoms with Crippen molar-refractivity contribution >= 4 is 33.6 Å². The molecule has 1 aromatic heterocycles. The van der Waals surface area contributed by atoms with Gasteiger partial charge in [0.15, 0.2) is 0 Å². The van der Waals surface area contributed by atoms with E-state index in [1.165, 1.54) is 0 Å².